The largest absolute Gasteiger partial charge is 0.381 e. The van der Waals surface area contributed by atoms with E-state index in [9.17, 15) is 4.39 Å². The molecular formula is C14H17BrFN3. The molecule has 3 nitrogen and oxygen atoms in total. The van der Waals surface area contributed by atoms with Crippen LogP contribution in [0.25, 0.3) is 0 Å². The quantitative estimate of drug-likeness (QED) is 0.908. The first-order valence-corrected chi connectivity index (χ1v) is 6.99. The molecule has 0 saturated carbocycles. The highest BCUT2D eigenvalue weighted by Gasteiger charge is 2.06. The van der Waals surface area contributed by atoms with E-state index < -0.39 is 0 Å². The third-order valence-electron chi connectivity index (χ3n) is 2.93. The van der Waals surface area contributed by atoms with Gasteiger partial charge in [0.05, 0.1) is 10.7 Å². The van der Waals surface area contributed by atoms with Crippen molar-refractivity contribution in [2.75, 3.05) is 5.32 Å². The predicted molar refractivity (Wildman–Crippen MR) is 78.8 cm³/mol. The molecule has 0 amide bonds. The van der Waals surface area contributed by atoms with Crippen LogP contribution >= 0.6 is 15.9 Å². The van der Waals surface area contributed by atoms with E-state index >= 15 is 0 Å². The average Bonchev–Trinajstić information content (AvgIpc) is 2.81. The summed E-state index contributed by atoms with van der Waals surface area (Å²) in [5.74, 6) is -0.240. The lowest BCUT2D eigenvalue weighted by Gasteiger charge is -2.09. The van der Waals surface area contributed by atoms with Gasteiger partial charge in [-0.1, -0.05) is 0 Å². The molecule has 19 heavy (non-hydrogen) atoms. The molecule has 102 valence electrons. The molecule has 1 N–H and O–H groups in total. The minimum Gasteiger partial charge on any atom is -0.381 e. The predicted octanol–water partition coefficient (Wildman–Crippen LogP) is 4.29. The minimum atomic E-state index is -0.240. The first-order valence-electron chi connectivity index (χ1n) is 6.20. The molecule has 1 aromatic carbocycles. The van der Waals surface area contributed by atoms with Crippen LogP contribution in [0, 0.1) is 12.7 Å². The number of aromatic nitrogens is 2. The molecular weight excluding hydrogens is 309 g/mol. The number of benzene rings is 1. The Bertz CT molecular complexity index is 578. The molecule has 0 atom stereocenters. The van der Waals surface area contributed by atoms with Gasteiger partial charge >= 0.3 is 0 Å². The third kappa shape index (κ3) is 3.35. The summed E-state index contributed by atoms with van der Waals surface area (Å²) in [4.78, 5) is 0. The van der Waals surface area contributed by atoms with Gasteiger partial charge in [0.2, 0.25) is 0 Å². The van der Waals surface area contributed by atoms with Crippen molar-refractivity contribution in [1.82, 2.24) is 9.78 Å². The first-order chi connectivity index (χ1) is 8.97. The van der Waals surface area contributed by atoms with Crippen molar-refractivity contribution in [2.45, 2.75) is 33.4 Å². The lowest BCUT2D eigenvalue weighted by atomic mass is 10.2. The number of rotatable bonds is 4. The number of hydrogen-bond donors (Lipinski definition) is 1. The summed E-state index contributed by atoms with van der Waals surface area (Å²) in [6, 6.07) is 3.64. The fourth-order valence-corrected chi connectivity index (χ4v) is 2.13. The highest BCUT2D eigenvalue weighted by atomic mass is 79.9. The van der Waals surface area contributed by atoms with Crippen molar-refractivity contribution in [3.8, 4) is 0 Å². The highest BCUT2D eigenvalue weighted by molar-refractivity contribution is 9.10. The smallest absolute Gasteiger partial charge is 0.137 e. The van der Waals surface area contributed by atoms with Gasteiger partial charge in [0, 0.05) is 30.0 Å². The van der Waals surface area contributed by atoms with Gasteiger partial charge in [-0.15, -0.1) is 0 Å². The van der Waals surface area contributed by atoms with Crippen molar-refractivity contribution >= 4 is 21.6 Å². The zero-order valence-electron chi connectivity index (χ0n) is 11.2. The molecule has 0 saturated heterocycles. The zero-order chi connectivity index (χ0) is 14.0. The normalized spacial score (nSPS) is 11.1. The molecule has 0 radical (unpaired) electrons. The van der Waals surface area contributed by atoms with E-state index in [4.69, 9.17) is 0 Å². The van der Waals surface area contributed by atoms with Crippen molar-refractivity contribution in [2.24, 2.45) is 0 Å². The van der Waals surface area contributed by atoms with Gasteiger partial charge in [-0.05, 0) is 54.4 Å². The second-order valence-electron chi connectivity index (χ2n) is 4.86. The topological polar surface area (TPSA) is 29.9 Å². The van der Waals surface area contributed by atoms with Crippen LogP contribution < -0.4 is 5.32 Å². The number of anilines is 1. The number of nitrogens with one attached hydrogen (secondary N) is 1. The van der Waals surface area contributed by atoms with Crippen LogP contribution in [0.3, 0.4) is 0 Å². The summed E-state index contributed by atoms with van der Waals surface area (Å²) in [5.41, 5.74) is 2.91. The molecule has 5 heteroatoms. The SMILES string of the molecule is Cc1cc(F)c(Br)cc1NCc1cnn(C(C)C)c1. The molecule has 0 unspecified atom stereocenters. The van der Waals surface area contributed by atoms with E-state index in [1.807, 2.05) is 24.0 Å². The maximum Gasteiger partial charge on any atom is 0.137 e. The Morgan fingerprint density at radius 2 is 2.16 bits per heavy atom. The first kappa shape index (κ1) is 14.1. The Balaban J connectivity index is 2.07. The summed E-state index contributed by atoms with van der Waals surface area (Å²) in [6.07, 6.45) is 3.87. The van der Waals surface area contributed by atoms with Crippen molar-refractivity contribution < 1.29 is 4.39 Å². The van der Waals surface area contributed by atoms with Crippen molar-refractivity contribution in [3.63, 3.8) is 0 Å². The number of aryl methyl sites for hydroxylation is 1. The lowest BCUT2D eigenvalue weighted by Crippen LogP contribution is -2.02. The van der Waals surface area contributed by atoms with E-state index in [1.54, 1.807) is 6.07 Å². The van der Waals surface area contributed by atoms with Gasteiger partial charge in [0.15, 0.2) is 0 Å². The second kappa shape index (κ2) is 5.74. The Morgan fingerprint density at radius 3 is 2.79 bits per heavy atom. The monoisotopic (exact) mass is 325 g/mol. The van der Waals surface area contributed by atoms with Crippen LogP contribution in [0.1, 0.15) is 31.0 Å². The van der Waals surface area contributed by atoms with Gasteiger partial charge < -0.3 is 5.32 Å². The van der Waals surface area contributed by atoms with Crippen LogP contribution in [0.5, 0.6) is 0 Å². The Kier molecular flexibility index (Phi) is 4.24. The van der Waals surface area contributed by atoms with Crippen molar-refractivity contribution in [3.05, 3.63) is 45.9 Å². The van der Waals surface area contributed by atoms with E-state index in [2.05, 4.69) is 40.2 Å². The molecule has 0 aliphatic rings. The van der Waals surface area contributed by atoms with Gasteiger partial charge in [0.1, 0.15) is 5.82 Å². The lowest BCUT2D eigenvalue weighted by molar-refractivity contribution is 0.532. The molecule has 0 spiro atoms. The molecule has 0 aliphatic heterocycles. The molecule has 0 fully saturated rings. The fraction of sp³-hybridized carbons (Fsp3) is 0.357. The minimum absolute atomic E-state index is 0.240. The Labute approximate surface area is 121 Å². The summed E-state index contributed by atoms with van der Waals surface area (Å²) < 4.78 is 15.7. The standard InChI is InChI=1S/C14H17BrFN3/c1-9(2)19-8-11(7-18-19)6-17-14-5-12(15)13(16)4-10(14)3/h4-5,7-9,17H,6H2,1-3H3. The number of nitrogens with zero attached hydrogens (tertiary/aromatic N) is 2. The van der Waals surface area contributed by atoms with Gasteiger partial charge in [-0.25, -0.2) is 4.39 Å². The maximum atomic E-state index is 13.3. The maximum absolute atomic E-state index is 13.3. The fourth-order valence-electron chi connectivity index (χ4n) is 1.79. The van der Waals surface area contributed by atoms with Crippen LogP contribution in [0.4, 0.5) is 10.1 Å². The van der Waals surface area contributed by atoms with Gasteiger partial charge in [0.25, 0.3) is 0 Å². The van der Waals surface area contributed by atoms with Crippen LogP contribution in [0.15, 0.2) is 29.0 Å². The molecule has 1 heterocycles. The molecule has 0 bridgehead atoms. The molecule has 1 aromatic heterocycles. The Hall–Kier alpha value is -1.36. The van der Waals surface area contributed by atoms with E-state index in [0.717, 1.165) is 16.8 Å². The number of halogens is 2. The third-order valence-corrected chi connectivity index (χ3v) is 3.54. The van der Waals surface area contributed by atoms with Gasteiger partial charge in [-0.2, -0.15) is 5.10 Å². The van der Waals surface area contributed by atoms with E-state index in [-0.39, 0.29) is 5.82 Å². The van der Waals surface area contributed by atoms with Crippen molar-refractivity contribution in [1.29, 1.82) is 0 Å². The average molecular weight is 326 g/mol. The van der Waals surface area contributed by atoms with E-state index in [1.165, 1.54) is 6.07 Å². The summed E-state index contributed by atoms with van der Waals surface area (Å²) in [5, 5.41) is 7.59. The molecule has 2 rings (SSSR count). The second-order valence-corrected chi connectivity index (χ2v) is 5.71. The van der Waals surface area contributed by atoms with Crippen LogP contribution in [-0.4, -0.2) is 9.78 Å². The summed E-state index contributed by atoms with van der Waals surface area (Å²) in [6.45, 7) is 6.73. The van der Waals surface area contributed by atoms with Crippen LogP contribution in [-0.2, 0) is 6.54 Å². The Morgan fingerprint density at radius 1 is 1.42 bits per heavy atom. The summed E-state index contributed by atoms with van der Waals surface area (Å²) in [7, 11) is 0. The van der Waals surface area contributed by atoms with Gasteiger partial charge in [-0.3, -0.25) is 4.68 Å². The number of hydrogen-bond acceptors (Lipinski definition) is 2. The zero-order valence-corrected chi connectivity index (χ0v) is 12.8. The molecule has 2 aromatic rings. The highest BCUT2D eigenvalue weighted by Crippen LogP contribution is 2.24. The van der Waals surface area contributed by atoms with E-state index in [0.29, 0.717) is 17.1 Å². The summed E-state index contributed by atoms with van der Waals surface area (Å²) >= 11 is 3.20. The van der Waals surface area contributed by atoms with Crippen LogP contribution in [0.2, 0.25) is 0 Å². The molecule has 0 aliphatic carbocycles.